The Hall–Kier alpha value is -3.28. The summed E-state index contributed by atoms with van der Waals surface area (Å²) in [5, 5.41) is 4.40. The molecule has 12 heteroatoms. The van der Waals surface area contributed by atoms with Gasteiger partial charge in [-0.1, -0.05) is 0 Å². The van der Waals surface area contributed by atoms with Gasteiger partial charge in [-0.2, -0.15) is 18.3 Å². The Morgan fingerprint density at radius 3 is 2.59 bits per heavy atom. The first-order chi connectivity index (χ1) is 16.3. The monoisotopic (exact) mass is 473 g/mol. The first kappa shape index (κ1) is 21.3. The van der Waals surface area contributed by atoms with E-state index in [2.05, 4.69) is 20.0 Å². The zero-order valence-electron chi connectivity index (χ0n) is 18.2. The third-order valence-electron chi connectivity index (χ3n) is 7.07. The highest BCUT2D eigenvalue weighted by molar-refractivity contribution is 5.95. The molecule has 3 fully saturated rings. The van der Waals surface area contributed by atoms with Crippen molar-refractivity contribution in [2.45, 2.75) is 31.5 Å². The third kappa shape index (κ3) is 3.56. The van der Waals surface area contributed by atoms with Crippen molar-refractivity contribution in [3.8, 4) is 0 Å². The Balaban J connectivity index is 1.17. The maximum atomic E-state index is 13.1. The molecule has 0 N–H and O–H groups in total. The van der Waals surface area contributed by atoms with Crippen LogP contribution < -0.4 is 9.80 Å². The summed E-state index contributed by atoms with van der Waals surface area (Å²) in [6, 6.07) is 2.04. The highest BCUT2D eigenvalue weighted by Gasteiger charge is 2.46. The average molecular weight is 473 g/mol. The van der Waals surface area contributed by atoms with Crippen LogP contribution in [0.25, 0.3) is 11.2 Å². The summed E-state index contributed by atoms with van der Waals surface area (Å²) < 4.78 is 46.5. The summed E-state index contributed by atoms with van der Waals surface area (Å²) in [7, 11) is 0. The normalized spacial score (nSPS) is 21.0. The van der Waals surface area contributed by atoms with Crippen molar-refractivity contribution in [3.63, 3.8) is 0 Å². The second-order valence-electron chi connectivity index (χ2n) is 9.26. The van der Waals surface area contributed by atoms with Crippen molar-refractivity contribution in [1.82, 2.24) is 24.7 Å². The van der Waals surface area contributed by atoms with Crippen molar-refractivity contribution in [2.24, 2.45) is 5.41 Å². The Bertz CT molecular complexity index is 1250. The predicted molar refractivity (Wildman–Crippen MR) is 115 cm³/mol. The van der Waals surface area contributed by atoms with Crippen LogP contribution in [0, 0.1) is 5.41 Å². The van der Waals surface area contributed by atoms with Crippen LogP contribution in [0.5, 0.6) is 0 Å². The Morgan fingerprint density at radius 1 is 1.09 bits per heavy atom. The van der Waals surface area contributed by atoms with Gasteiger partial charge in [-0.15, -0.1) is 0 Å². The molecule has 0 aromatic carbocycles. The molecule has 0 atom stereocenters. The third-order valence-corrected chi connectivity index (χ3v) is 7.07. The maximum absolute atomic E-state index is 13.1. The van der Waals surface area contributed by atoms with Gasteiger partial charge in [-0.25, -0.2) is 19.6 Å². The molecular weight excluding hydrogens is 451 g/mol. The van der Waals surface area contributed by atoms with Crippen molar-refractivity contribution in [2.75, 3.05) is 42.6 Å². The Morgan fingerprint density at radius 2 is 1.88 bits per heavy atom. The number of fused-ring (bicyclic) bond motifs is 1. The molecule has 178 valence electrons. The molecule has 0 aliphatic carbocycles. The number of hydrogen-bond donors (Lipinski definition) is 0. The minimum atomic E-state index is -4.48. The number of hydrogen-bond acceptors (Lipinski definition) is 7. The molecule has 6 rings (SSSR count). The van der Waals surface area contributed by atoms with E-state index in [1.807, 2.05) is 4.68 Å². The number of nitrogens with zero attached hydrogens (tertiary/aromatic N) is 7. The van der Waals surface area contributed by atoms with Gasteiger partial charge in [0.1, 0.15) is 23.2 Å². The highest BCUT2D eigenvalue weighted by Crippen LogP contribution is 2.43. The molecule has 1 amide bonds. The van der Waals surface area contributed by atoms with Gasteiger partial charge in [0.05, 0.1) is 31.2 Å². The van der Waals surface area contributed by atoms with E-state index in [1.54, 1.807) is 12.4 Å². The summed E-state index contributed by atoms with van der Waals surface area (Å²) >= 11 is 0. The van der Waals surface area contributed by atoms with Crippen LogP contribution in [0.4, 0.5) is 24.8 Å². The number of aromatic nitrogens is 5. The van der Waals surface area contributed by atoms with Crippen molar-refractivity contribution in [3.05, 3.63) is 36.3 Å². The van der Waals surface area contributed by atoms with E-state index >= 15 is 0 Å². The van der Waals surface area contributed by atoms with Crippen LogP contribution in [-0.4, -0.2) is 63.5 Å². The van der Waals surface area contributed by atoms with Gasteiger partial charge < -0.3 is 9.64 Å². The molecule has 1 spiro atoms. The van der Waals surface area contributed by atoms with E-state index in [-0.39, 0.29) is 23.2 Å². The van der Waals surface area contributed by atoms with Gasteiger partial charge >= 0.3 is 6.18 Å². The number of piperidine rings is 1. The topological polar surface area (TPSA) is 89.3 Å². The van der Waals surface area contributed by atoms with Gasteiger partial charge in [-0.3, -0.25) is 9.69 Å². The second-order valence-corrected chi connectivity index (χ2v) is 9.26. The number of amides is 1. The Kier molecular flexibility index (Phi) is 4.77. The summed E-state index contributed by atoms with van der Waals surface area (Å²) in [4.78, 5) is 29.7. The summed E-state index contributed by atoms with van der Waals surface area (Å²) in [6.07, 6.45) is 1.82. The SMILES string of the molecule is O=C1CC2(CCN(c3cnc4cnn(C5COC5)c4n3)CC2)CN1c1cc(C(F)(F)F)ccn1. The van der Waals surface area contributed by atoms with E-state index in [4.69, 9.17) is 9.72 Å². The number of anilines is 2. The van der Waals surface area contributed by atoms with Crippen LogP contribution in [0.15, 0.2) is 30.7 Å². The van der Waals surface area contributed by atoms with E-state index in [9.17, 15) is 18.0 Å². The fourth-order valence-corrected chi connectivity index (χ4v) is 4.99. The first-order valence-electron chi connectivity index (χ1n) is 11.2. The molecule has 3 aromatic heterocycles. The molecular formula is C22H22F3N7O2. The molecule has 3 aliphatic rings. The van der Waals surface area contributed by atoms with Crippen molar-refractivity contribution in [1.29, 1.82) is 0 Å². The van der Waals surface area contributed by atoms with Crippen molar-refractivity contribution >= 4 is 28.7 Å². The van der Waals surface area contributed by atoms with Gasteiger partial charge in [0, 0.05) is 37.7 Å². The summed E-state index contributed by atoms with van der Waals surface area (Å²) in [6.45, 7) is 2.95. The van der Waals surface area contributed by atoms with Crippen LogP contribution in [0.3, 0.4) is 0 Å². The molecule has 6 heterocycles. The van der Waals surface area contributed by atoms with Gasteiger partial charge in [-0.05, 0) is 25.0 Å². The number of carbonyl (C=O) groups is 1. The Labute approximate surface area is 192 Å². The van der Waals surface area contributed by atoms with E-state index in [1.165, 1.54) is 4.90 Å². The predicted octanol–water partition coefficient (Wildman–Crippen LogP) is 2.83. The molecule has 0 radical (unpaired) electrons. The lowest BCUT2D eigenvalue weighted by Crippen LogP contribution is -2.42. The van der Waals surface area contributed by atoms with Gasteiger partial charge in [0.2, 0.25) is 5.91 Å². The number of halogens is 3. The van der Waals surface area contributed by atoms with E-state index in [0.717, 1.165) is 48.2 Å². The minimum absolute atomic E-state index is 0.0590. The molecule has 3 aromatic rings. The van der Waals surface area contributed by atoms with Crippen LogP contribution in [0.2, 0.25) is 0 Å². The number of rotatable bonds is 3. The first-order valence-corrected chi connectivity index (χ1v) is 11.2. The molecule has 3 saturated heterocycles. The molecule has 0 bridgehead atoms. The smallest absolute Gasteiger partial charge is 0.377 e. The largest absolute Gasteiger partial charge is 0.416 e. The maximum Gasteiger partial charge on any atom is 0.416 e. The number of carbonyl (C=O) groups excluding carboxylic acids is 1. The highest BCUT2D eigenvalue weighted by atomic mass is 19.4. The zero-order chi connectivity index (χ0) is 23.5. The molecule has 0 unspecified atom stereocenters. The zero-order valence-corrected chi connectivity index (χ0v) is 18.2. The second kappa shape index (κ2) is 7.62. The van der Waals surface area contributed by atoms with Crippen LogP contribution >= 0.6 is 0 Å². The average Bonchev–Trinajstić information content (AvgIpc) is 3.33. The van der Waals surface area contributed by atoms with Crippen molar-refractivity contribution < 1.29 is 22.7 Å². The molecule has 9 nitrogen and oxygen atoms in total. The van der Waals surface area contributed by atoms with Crippen LogP contribution in [0.1, 0.15) is 30.9 Å². The fourth-order valence-electron chi connectivity index (χ4n) is 4.99. The lowest BCUT2D eigenvalue weighted by atomic mass is 9.77. The molecule has 3 aliphatic heterocycles. The molecule has 34 heavy (non-hydrogen) atoms. The summed E-state index contributed by atoms with van der Waals surface area (Å²) in [5.41, 5.74) is 0.368. The van der Waals surface area contributed by atoms with Gasteiger partial charge in [0.25, 0.3) is 0 Å². The summed E-state index contributed by atoms with van der Waals surface area (Å²) in [5.74, 6) is 0.627. The number of ether oxygens (including phenoxy) is 1. The van der Waals surface area contributed by atoms with Gasteiger partial charge in [0.15, 0.2) is 5.65 Å². The number of alkyl halides is 3. The van der Waals surface area contributed by atoms with E-state index in [0.29, 0.717) is 39.3 Å². The standard InChI is InChI=1S/C22H22F3N7O2/c23-22(24,25)14-1-4-26-17(7-14)31-13-21(8-19(31)33)2-5-30(6-3-21)18-10-27-16-9-28-32(20(16)29-18)15-11-34-12-15/h1,4,7,9-10,15H,2-3,5-6,8,11-13H2. The quantitative estimate of drug-likeness (QED) is 0.578. The number of pyridine rings is 1. The minimum Gasteiger partial charge on any atom is -0.377 e. The molecule has 0 saturated carbocycles. The van der Waals surface area contributed by atoms with Crippen LogP contribution in [-0.2, 0) is 15.7 Å². The lowest BCUT2D eigenvalue weighted by molar-refractivity contribution is -0.137. The lowest BCUT2D eigenvalue weighted by Gasteiger charge is -2.39. The fraction of sp³-hybridized carbons (Fsp3) is 0.500. The van der Waals surface area contributed by atoms with E-state index < -0.39 is 11.7 Å².